The fraction of sp³-hybridized carbons (Fsp3) is 0.861. The topological polar surface area (TPSA) is 151 Å². The van der Waals surface area contributed by atoms with E-state index >= 15 is 0 Å². The molecule has 9 nitrogen and oxygen atoms in total. The molecule has 0 aromatic heterocycles. The van der Waals surface area contributed by atoms with Gasteiger partial charge in [-0.25, -0.2) is 4.57 Å². The van der Waals surface area contributed by atoms with Gasteiger partial charge in [0, 0.05) is 6.54 Å². The lowest BCUT2D eigenvalue weighted by Gasteiger charge is -2.24. The fourth-order valence-electron chi connectivity index (χ4n) is 5.25. The molecule has 0 fully saturated rings. The minimum atomic E-state index is -4.39. The van der Waals surface area contributed by atoms with Crippen LogP contribution in [0.15, 0.2) is 24.3 Å². The highest BCUT2D eigenvalue weighted by atomic mass is 31.2. The van der Waals surface area contributed by atoms with Crippen LogP contribution in [0.1, 0.15) is 162 Å². The summed E-state index contributed by atoms with van der Waals surface area (Å²) in [5, 5.41) is 23.8. The first-order valence-corrected chi connectivity index (χ1v) is 20.0. The lowest BCUT2D eigenvalue weighted by Crippen LogP contribution is -2.46. The highest BCUT2D eigenvalue weighted by Crippen LogP contribution is 2.43. The summed E-state index contributed by atoms with van der Waals surface area (Å²) in [5.41, 5.74) is 5.33. The van der Waals surface area contributed by atoms with Crippen LogP contribution in [-0.4, -0.2) is 59.0 Å². The van der Waals surface area contributed by atoms with Crippen LogP contribution in [0.4, 0.5) is 0 Å². The van der Waals surface area contributed by atoms with Crippen LogP contribution in [0.2, 0.25) is 0 Å². The van der Waals surface area contributed by atoms with Crippen molar-refractivity contribution in [2.45, 2.75) is 180 Å². The molecule has 6 N–H and O–H groups in total. The maximum Gasteiger partial charge on any atom is 0.472 e. The number of rotatable bonds is 34. The zero-order valence-corrected chi connectivity index (χ0v) is 30.3. The van der Waals surface area contributed by atoms with Crippen molar-refractivity contribution in [2.24, 2.45) is 5.73 Å². The highest BCUT2D eigenvalue weighted by Gasteiger charge is 2.27. The highest BCUT2D eigenvalue weighted by molar-refractivity contribution is 7.47. The fourth-order valence-corrected chi connectivity index (χ4v) is 6.01. The minimum absolute atomic E-state index is 0.0455. The van der Waals surface area contributed by atoms with Crippen molar-refractivity contribution in [1.29, 1.82) is 0 Å². The van der Waals surface area contributed by atoms with Crippen molar-refractivity contribution >= 4 is 13.7 Å². The summed E-state index contributed by atoms with van der Waals surface area (Å²) in [4.78, 5) is 22.6. The zero-order valence-electron chi connectivity index (χ0n) is 29.4. The molecule has 0 bridgehead atoms. The summed E-state index contributed by atoms with van der Waals surface area (Å²) in [5.74, 6) is -0.458. The third-order valence-electron chi connectivity index (χ3n) is 8.08. The maximum atomic E-state index is 12.7. The molecule has 0 heterocycles. The molecular formula is C36H71N2O7P. The molecule has 272 valence electrons. The first-order chi connectivity index (χ1) is 22.3. The lowest BCUT2D eigenvalue weighted by atomic mass is 10.0. The van der Waals surface area contributed by atoms with Crippen molar-refractivity contribution < 1.29 is 33.5 Å². The van der Waals surface area contributed by atoms with Crippen LogP contribution in [0.25, 0.3) is 0 Å². The lowest BCUT2D eigenvalue weighted by molar-refractivity contribution is -0.124. The van der Waals surface area contributed by atoms with Crippen LogP contribution >= 0.6 is 7.82 Å². The van der Waals surface area contributed by atoms with Crippen molar-refractivity contribution in [1.82, 2.24) is 5.32 Å². The number of nitrogens with two attached hydrogens (primary N) is 1. The molecule has 4 unspecified atom stereocenters. The molecule has 0 radical (unpaired) electrons. The number of phosphoric ester groups is 1. The SMILES string of the molecule is CCCCCCC/C=C/CC/C=C/C(O)C(COP(=O)(O)OCCN)NC(=O)CC(O)CCCCCCCCCCCCCCC. The Morgan fingerprint density at radius 1 is 0.739 bits per heavy atom. The number of hydrogen-bond acceptors (Lipinski definition) is 7. The molecule has 0 rings (SSSR count). The second-order valence-corrected chi connectivity index (χ2v) is 14.1. The van der Waals surface area contributed by atoms with Crippen molar-refractivity contribution in [3.8, 4) is 0 Å². The summed E-state index contributed by atoms with van der Waals surface area (Å²) in [6, 6.07) is -0.993. The number of carbonyl (C=O) groups is 1. The number of hydrogen-bond donors (Lipinski definition) is 5. The van der Waals surface area contributed by atoms with E-state index in [1.807, 2.05) is 6.08 Å². The maximum absolute atomic E-state index is 12.7. The van der Waals surface area contributed by atoms with Gasteiger partial charge < -0.3 is 26.2 Å². The molecule has 0 saturated heterocycles. The number of carbonyl (C=O) groups excluding carboxylic acids is 1. The van der Waals surface area contributed by atoms with Gasteiger partial charge in [0.25, 0.3) is 0 Å². The molecule has 0 aliphatic rings. The second kappa shape index (κ2) is 32.5. The van der Waals surface area contributed by atoms with E-state index in [2.05, 4.69) is 31.3 Å². The third-order valence-corrected chi connectivity index (χ3v) is 9.07. The van der Waals surface area contributed by atoms with Gasteiger partial charge >= 0.3 is 7.82 Å². The Morgan fingerprint density at radius 2 is 1.24 bits per heavy atom. The Morgan fingerprint density at radius 3 is 1.80 bits per heavy atom. The number of amides is 1. The van der Waals surface area contributed by atoms with E-state index in [1.165, 1.54) is 96.3 Å². The smallest absolute Gasteiger partial charge is 0.393 e. The Hall–Kier alpha value is -1.06. The van der Waals surface area contributed by atoms with E-state index in [1.54, 1.807) is 6.08 Å². The zero-order chi connectivity index (χ0) is 34.1. The Bertz CT molecular complexity index is 796. The molecule has 0 aromatic carbocycles. The predicted molar refractivity (Wildman–Crippen MR) is 191 cm³/mol. The molecule has 10 heteroatoms. The van der Waals surface area contributed by atoms with Gasteiger partial charge in [-0.2, -0.15) is 0 Å². The average Bonchev–Trinajstić information content (AvgIpc) is 3.03. The van der Waals surface area contributed by atoms with Crippen molar-refractivity contribution in [3.05, 3.63) is 24.3 Å². The minimum Gasteiger partial charge on any atom is -0.393 e. The molecule has 46 heavy (non-hydrogen) atoms. The molecule has 0 aliphatic carbocycles. The van der Waals surface area contributed by atoms with Gasteiger partial charge in [0.2, 0.25) is 5.91 Å². The van der Waals surface area contributed by atoms with Gasteiger partial charge in [0.15, 0.2) is 0 Å². The summed E-state index contributed by atoms with van der Waals surface area (Å²) in [6.07, 6.45) is 31.2. The largest absolute Gasteiger partial charge is 0.472 e. The predicted octanol–water partition coefficient (Wildman–Crippen LogP) is 8.41. The van der Waals surface area contributed by atoms with E-state index in [-0.39, 0.29) is 19.6 Å². The average molecular weight is 675 g/mol. The van der Waals surface area contributed by atoms with Gasteiger partial charge in [-0.1, -0.05) is 147 Å². The molecular weight excluding hydrogens is 603 g/mol. The first kappa shape index (κ1) is 44.9. The van der Waals surface area contributed by atoms with E-state index in [0.717, 1.165) is 32.1 Å². The number of phosphoric acid groups is 1. The van der Waals surface area contributed by atoms with Crippen LogP contribution in [0, 0.1) is 0 Å². The normalized spacial score (nSPS) is 15.3. The molecule has 0 aromatic rings. The van der Waals surface area contributed by atoms with E-state index < -0.39 is 38.6 Å². The second-order valence-electron chi connectivity index (χ2n) is 12.6. The van der Waals surface area contributed by atoms with Gasteiger partial charge in [-0.15, -0.1) is 0 Å². The van der Waals surface area contributed by atoms with Crippen LogP contribution in [0.3, 0.4) is 0 Å². The first-order valence-electron chi connectivity index (χ1n) is 18.5. The number of allylic oxidation sites excluding steroid dienone is 3. The van der Waals surface area contributed by atoms with Crippen molar-refractivity contribution in [2.75, 3.05) is 19.8 Å². The summed E-state index contributed by atoms with van der Waals surface area (Å²) in [7, 11) is -4.39. The van der Waals surface area contributed by atoms with Crippen LogP contribution in [0.5, 0.6) is 0 Å². The molecule has 0 spiro atoms. The van der Waals surface area contributed by atoms with Crippen molar-refractivity contribution in [3.63, 3.8) is 0 Å². The van der Waals surface area contributed by atoms with E-state index in [9.17, 15) is 24.5 Å². The monoisotopic (exact) mass is 674 g/mol. The molecule has 0 aliphatic heterocycles. The number of aliphatic hydroxyl groups is 2. The number of unbranched alkanes of at least 4 members (excludes halogenated alkanes) is 18. The van der Waals surface area contributed by atoms with E-state index in [0.29, 0.717) is 12.8 Å². The standard InChI is InChI=1S/C36H71N2O7P/c1-3-5-7-9-11-13-15-16-18-19-21-23-25-27-33(39)31-36(41)38-34(32-45-46(42,43)44-30-29-37)35(40)28-26-24-22-20-17-14-12-10-8-6-4-2/h17,20,26,28,33-35,39-40H,3-16,18-19,21-25,27,29-32,37H2,1-2H3,(H,38,41)(H,42,43)/b20-17+,28-26+. The number of aliphatic hydroxyl groups excluding tert-OH is 2. The summed E-state index contributed by atoms with van der Waals surface area (Å²) < 4.78 is 21.9. The Kier molecular flexibility index (Phi) is 31.7. The van der Waals surface area contributed by atoms with Gasteiger partial charge in [0.1, 0.15) is 0 Å². The van der Waals surface area contributed by atoms with E-state index in [4.69, 9.17) is 14.8 Å². The van der Waals surface area contributed by atoms with Crippen LogP contribution < -0.4 is 11.1 Å². The van der Waals surface area contributed by atoms with Gasteiger partial charge in [-0.05, 0) is 32.1 Å². The third kappa shape index (κ3) is 30.3. The Balaban J connectivity index is 4.47. The van der Waals surface area contributed by atoms with Gasteiger partial charge in [-0.3, -0.25) is 13.8 Å². The van der Waals surface area contributed by atoms with Gasteiger partial charge in [0.05, 0.1) is 37.9 Å². The quantitative estimate of drug-likeness (QED) is 0.0259. The van der Waals surface area contributed by atoms with Crippen LogP contribution in [-0.2, 0) is 18.4 Å². The summed E-state index contributed by atoms with van der Waals surface area (Å²) in [6.45, 7) is 3.90. The molecule has 0 saturated carbocycles. The number of nitrogens with one attached hydrogen (secondary N) is 1. The molecule has 4 atom stereocenters. The Labute approximate surface area is 281 Å². The summed E-state index contributed by atoms with van der Waals surface area (Å²) >= 11 is 0. The molecule has 1 amide bonds.